The van der Waals surface area contributed by atoms with Crippen molar-refractivity contribution in [3.05, 3.63) is 29.6 Å². The molecule has 1 amide bonds. The monoisotopic (exact) mass is 409 g/mol. The number of halogens is 1. The van der Waals surface area contributed by atoms with Gasteiger partial charge < -0.3 is 24.0 Å². The molecule has 1 aromatic rings. The van der Waals surface area contributed by atoms with Crippen molar-refractivity contribution in [2.24, 2.45) is 5.92 Å². The maximum Gasteiger partial charge on any atom is 0.311 e. The Morgan fingerprint density at radius 1 is 1.28 bits per heavy atom. The number of nitrogens with zero attached hydrogens (tertiary/aromatic N) is 1. The number of amides is 1. The van der Waals surface area contributed by atoms with Crippen molar-refractivity contribution in [2.75, 3.05) is 47.6 Å². The number of carbonyl (C=O) groups excluding carboxylic acids is 2. The molecule has 2 heterocycles. The maximum atomic E-state index is 14.2. The zero-order valence-electron chi connectivity index (χ0n) is 17.3. The van der Waals surface area contributed by atoms with Crippen molar-refractivity contribution >= 4 is 11.9 Å². The molecule has 160 valence electrons. The van der Waals surface area contributed by atoms with Gasteiger partial charge in [-0.2, -0.15) is 0 Å². The lowest BCUT2D eigenvalue weighted by molar-refractivity contribution is -0.920. The highest BCUT2D eigenvalue weighted by Gasteiger charge is 2.57. The fourth-order valence-corrected chi connectivity index (χ4v) is 4.80. The number of carbonyl (C=O) groups is 2. The Bertz CT molecular complexity index is 749. The number of methoxy groups -OCH3 is 3. The van der Waals surface area contributed by atoms with E-state index in [1.807, 2.05) is 4.90 Å². The van der Waals surface area contributed by atoms with E-state index < -0.39 is 11.5 Å². The number of nitrogens with one attached hydrogen (secondary N) is 1. The summed E-state index contributed by atoms with van der Waals surface area (Å²) in [5, 5.41) is 0. The second-order valence-electron chi connectivity index (χ2n) is 7.81. The van der Waals surface area contributed by atoms with Crippen LogP contribution in [0.5, 0.6) is 5.75 Å². The topological polar surface area (TPSA) is 69.5 Å². The van der Waals surface area contributed by atoms with Crippen LogP contribution in [0.15, 0.2) is 18.2 Å². The Balaban J connectivity index is 1.75. The summed E-state index contributed by atoms with van der Waals surface area (Å²) in [5.41, 5.74) is 0.0672. The molecule has 0 bridgehead atoms. The average Bonchev–Trinajstić information content (AvgIpc) is 3.00. The zero-order valence-corrected chi connectivity index (χ0v) is 17.3. The molecule has 29 heavy (non-hydrogen) atoms. The van der Waals surface area contributed by atoms with Crippen molar-refractivity contribution in [2.45, 2.75) is 31.3 Å². The van der Waals surface area contributed by atoms with Crippen LogP contribution in [0.1, 0.15) is 24.8 Å². The van der Waals surface area contributed by atoms with Crippen LogP contribution in [0.25, 0.3) is 0 Å². The van der Waals surface area contributed by atoms with Crippen molar-refractivity contribution < 1.29 is 33.1 Å². The molecule has 2 aliphatic rings. The van der Waals surface area contributed by atoms with Crippen LogP contribution < -0.4 is 9.64 Å². The SMILES string of the molecule is COCCN1C(=O)CC(C(=O)OC)C12CC[NH+](Cc1cc(OC)ccc1F)CC2. The number of hydrogen-bond acceptors (Lipinski definition) is 5. The van der Waals surface area contributed by atoms with Gasteiger partial charge in [-0.3, -0.25) is 9.59 Å². The molecule has 0 saturated carbocycles. The number of hydrogen-bond donors (Lipinski definition) is 1. The minimum atomic E-state index is -0.543. The highest BCUT2D eigenvalue weighted by atomic mass is 19.1. The second-order valence-corrected chi connectivity index (χ2v) is 7.81. The number of quaternary nitrogens is 1. The predicted molar refractivity (Wildman–Crippen MR) is 103 cm³/mol. The van der Waals surface area contributed by atoms with Crippen molar-refractivity contribution in [1.82, 2.24) is 4.90 Å². The van der Waals surface area contributed by atoms with Gasteiger partial charge in [0.25, 0.3) is 0 Å². The molecule has 1 N–H and O–H groups in total. The van der Waals surface area contributed by atoms with Crippen molar-refractivity contribution in [1.29, 1.82) is 0 Å². The summed E-state index contributed by atoms with van der Waals surface area (Å²) >= 11 is 0. The molecule has 2 fully saturated rings. The maximum absolute atomic E-state index is 14.2. The summed E-state index contributed by atoms with van der Waals surface area (Å²) in [7, 11) is 4.53. The van der Waals surface area contributed by atoms with Gasteiger partial charge in [-0.15, -0.1) is 0 Å². The number of ether oxygens (including phenoxy) is 3. The summed E-state index contributed by atoms with van der Waals surface area (Å²) in [4.78, 5) is 28.1. The Morgan fingerprint density at radius 3 is 2.62 bits per heavy atom. The Hall–Kier alpha value is -2.19. The number of benzene rings is 1. The number of piperidine rings is 1. The first-order chi connectivity index (χ1) is 13.9. The molecule has 3 rings (SSSR count). The first kappa shape index (κ1) is 21.5. The number of esters is 1. The lowest BCUT2D eigenvalue weighted by Gasteiger charge is -2.45. The Morgan fingerprint density at radius 2 is 2.00 bits per heavy atom. The number of likely N-dealkylation sites (tertiary alicyclic amines) is 2. The third-order valence-corrected chi connectivity index (χ3v) is 6.39. The van der Waals surface area contributed by atoms with Crippen LogP contribution in [0.3, 0.4) is 0 Å². The summed E-state index contributed by atoms with van der Waals surface area (Å²) < 4.78 is 29.6. The van der Waals surface area contributed by atoms with E-state index in [-0.39, 0.29) is 24.1 Å². The van der Waals surface area contributed by atoms with E-state index >= 15 is 0 Å². The van der Waals surface area contributed by atoms with E-state index in [9.17, 15) is 14.0 Å². The van der Waals surface area contributed by atoms with Gasteiger partial charge in [-0.25, -0.2) is 4.39 Å². The van der Waals surface area contributed by atoms with Crippen LogP contribution >= 0.6 is 0 Å². The predicted octanol–water partition coefficient (Wildman–Crippen LogP) is 0.420. The van der Waals surface area contributed by atoms with E-state index in [1.54, 1.807) is 26.4 Å². The minimum absolute atomic E-state index is 0.0280. The Labute approximate surface area is 170 Å². The second kappa shape index (κ2) is 9.09. The number of rotatable bonds is 7. The molecule has 2 saturated heterocycles. The summed E-state index contributed by atoms with van der Waals surface area (Å²) in [6, 6.07) is 4.76. The summed E-state index contributed by atoms with van der Waals surface area (Å²) in [6.07, 6.45) is 1.52. The smallest absolute Gasteiger partial charge is 0.311 e. The molecule has 0 aliphatic carbocycles. The zero-order chi connectivity index (χ0) is 21.0. The summed E-state index contributed by atoms with van der Waals surface area (Å²) in [5.74, 6) is -0.441. The molecular formula is C21H30FN2O5+. The van der Waals surface area contributed by atoms with Crippen molar-refractivity contribution in [3.63, 3.8) is 0 Å². The van der Waals surface area contributed by atoms with Gasteiger partial charge in [0.1, 0.15) is 18.1 Å². The van der Waals surface area contributed by atoms with Crippen LogP contribution in [-0.2, 0) is 25.6 Å². The normalized spacial score (nSPS) is 26.8. The van der Waals surface area contributed by atoms with E-state index in [4.69, 9.17) is 14.2 Å². The van der Waals surface area contributed by atoms with Gasteiger partial charge in [0.05, 0.1) is 45.4 Å². The third-order valence-electron chi connectivity index (χ3n) is 6.39. The lowest BCUT2D eigenvalue weighted by atomic mass is 9.76. The van der Waals surface area contributed by atoms with Crippen molar-refractivity contribution in [3.8, 4) is 5.75 Å². The molecule has 0 aromatic heterocycles. The highest BCUT2D eigenvalue weighted by Crippen LogP contribution is 2.42. The third kappa shape index (κ3) is 4.23. The van der Waals surface area contributed by atoms with E-state index in [2.05, 4.69) is 0 Å². The molecule has 7 nitrogen and oxygen atoms in total. The first-order valence-corrected chi connectivity index (χ1v) is 9.98. The van der Waals surface area contributed by atoms with Crippen LogP contribution in [0.4, 0.5) is 4.39 Å². The van der Waals surface area contributed by atoms with Gasteiger partial charge in [0.2, 0.25) is 5.91 Å². The highest BCUT2D eigenvalue weighted by molar-refractivity contribution is 5.89. The lowest BCUT2D eigenvalue weighted by Crippen LogP contribution is -3.12. The quantitative estimate of drug-likeness (QED) is 0.661. The molecule has 1 unspecified atom stereocenters. The van der Waals surface area contributed by atoms with Crippen LogP contribution in [-0.4, -0.2) is 69.9 Å². The van der Waals surface area contributed by atoms with Gasteiger partial charge in [0.15, 0.2) is 0 Å². The first-order valence-electron chi connectivity index (χ1n) is 9.98. The molecule has 2 aliphatic heterocycles. The fourth-order valence-electron chi connectivity index (χ4n) is 4.80. The molecule has 1 aromatic carbocycles. The van der Waals surface area contributed by atoms with E-state index in [1.165, 1.54) is 18.1 Å². The average molecular weight is 409 g/mol. The minimum Gasteiger partial charge on any atom is -0.497 e. The molecule has 8 heteroatoms. The van der Waals surface area contributed by atoms with Crippen LogP contribution in [0.2, 0.25) is 0 Å². The molecule has 1 atom stereocenters. The Kier molecular flexibility index (Phi) is 6.74. The molecule has 0 radical (unpaired) electrons. The largest absolute Gasteiger partial charge is 0.497 e. The van der Waals surface area contributed by atoms with Crippen LogP contribution in [0, 0.1) is 11.7 Å². The van der Waals surface area contributed by atoms with E-state index in [0.29, 0.717) is 43.9 Å². The van der Waals surface area contributed by atoms with E-state index in [0.717, 1.165) is 13.1 Å². The van der Waals surface area contributed by atoms with Gasteiger partial charge in [-0.05, 0) is 18.2 Å². The molecular weight excluding hydrogens is 379 g/mol. The summed E-state index contributed by atoms with van der Waals surface area (Å²) in [6.45, 7) is 2.89. The van der Waals surface area contributed by atoms with Gasteiger partial charge >= 0.3 is 5.97 Å². The van der Waals surface area contributed by atoms with Gasteiger partial charge in [-0.1, -0.05) is 0 Å². The fraction of sp³-hybridized carbons (Fsp3) is 0.619. The van der Waals surface area contributed by atoms with Gasteiger partial charge in [0, 0.05) is 38.5 Å². The standard InChI is InChI=1S/C21H29FN2O5/c1-27-11-10-24-19(25)13-17(20(26)29-3)21(24)6-8-23(9-7-21)14-15-12-16(28-2)4-5-18(15)22/h4-5,12,17H,6-11,13-14H2,1-3H3/p+1. The molecule has 1 spiro atoms.